The molecule has 1 N–H and O–H groups in total. The molecule has 114 valence electrons. The summed E-state index contributed by atoms with van der Waals surface area (Å²) >= 11 is 3.60. The van der Waals surface area contributed by atoms with Crippen molar-refractivity contribution >= 4 is 15.9 Å². The Balaban J connectivity index is 2.05. The first-order valence-corrected chi connectivity index (χ1v) is 7.96. The van der Waals surface area contributed by atoms with Crippen LogP contribution < -0.4 is 10.1 Å². The van der Waals surface area contributed by atoms with E-state index in [1.165, 1.54) is 5.56 Å². The predicted octanol–water partition coefficient (Wildman–Crippen LogP) is 3.60. The summed E-state index contributed by atoms with van der Waals surface area (Å²) in [5, 5.41) is 7.69. The topological polar surface area (TPSA) is 39.1 Å². The van der Waals surface area contributed by atoms with Gasteiger partial charge in [0.1, 0.15) is 12.4 Å². The summed E-state index contributed by atoms with van der Waals surface area (Å²) < 4.78 is 8.79. The molecule has 0 bridgehead atoms. The molecular formula is C16H22BrN3O. The fourth-order valence-electron chi connectivity index (χ4n) is 2.15. The maximum atomic E-state index is 5.87. The van der Waals surface area contributed by atoms with Crippen LogP contribution in [0.25, 0.3) is 0 Å². The van der Waals surface area contributed by atoms with Gasteiger partial charge in [0.15, 0.2) is 0 Å². The van der Waals surface area contributed by atoms with Crippen molar-refractivity contribution in [2.75, 3.05) is 7.05 Å². The molecule has 0 fully saturated rings. The van der Waals surface area contributed by atoms with Gasteiger partial charge in [-0.3, -0.25) is 4.68 Å². The minimum absolute atomic E-state index is 0.345. The minimum atomic E-state index is 0.345. The Morgan fingerprint density at radius 2 is 2.00 bits per heavy atom. The number of benzene rings is 1. The second-order valence-corrected chi connectivity index (χ2v) is 5.85. The van der Waals surface area contributed by atoms with Gasteiger partial charge in [-0.15, -0.1) is 0 Å². The predicted molar refractivity (Wildman–Crippen MR) is 88.5 cm³/mol. The van der Waals surface area contributed by atoms with Crippen LogP contribution in [0.2, 0.25) is 0 Å². The monoisotopic (exact) mass is 351 g/mol. The largest absolute Gasteiger partial charge is 0.487 e. The van der Waals surface area contributed by atoms with Gasteiger partial charge in [-0.1, -0.05) is 19.1 Å². The SMILES string of the molecule is CCc1nn(C)c(COc2ccc(C(C)NC)cc2)c1Br. The number of aryl methyl sites for hydroxylation is 2. The molecule has 2 aromatic rings. The summed E-state index contributed by atoms with van der Waals surface area (Å²) in [6.07, 6.45) is 0.908. The van der Waals surface area contributed by atoms with E-state index in [2.05, 4.69) is 52.3 Å². The lowest BCUT2D eigenvalue weighted by molar-refractivity contribution is 0.294. The van der Waals surface area contributed by atoms with E-state index < -0.39 is 0 Å². The van der Waals surface area contributed by atoms with Crippen molar-refractivity contribution in [3.05, 3.63) is 45.7 Å². The van der Waals surface area contributed by atoms with E-state index in [-0.39, 0.29) is 0 Å². The van der Waals surface area contributed by atoms with Crippen LogP contribution in [0.3, 0.4) is 0 Å². The van der Waals surface area contributed by atoms with E-state index >= 15 is 0 Å². The van der Waals surface area contributed by atoms with Crippen LogP contribution in [0.15, 0.2) is 28.7 Å². The zero-order valence-corrected chi connectivity index (χ0v) is 14.6. The zero-order valence-electron chi connectivity index (χ0n) is 13.0. The average molecular weight is 352 g/mol. The summed E-state index contributed by atoms with van der Waals surface area (Å²) in [5.41, 5.74) is 3.37. The second kappa shape index (κ2) is 7.09. The van der Waals surface area contributed by atoms with Crippen LogP contribution in [-0.4, -0.2) is 16.8 Å². The van der Waals surface area contributed by atoms with Crippen LogP contribution in [0.1, 0.15) is 36.8 Å². The highest BCUT2D eigenvalue weighted by Crippen LogP contribution is 2.24. The smallest absolute Gasteiger partial charge is 0.131 e. The molecule has 1 heterocycles. The molecule has 4 nitrogen and oxygen atoms in total. The molecule has 2 rings (SSSR count). The van der Waals surface area contributed by atoms with Gasteiger partial charge in [-0.25, -0.2) is 0 Å². The molecule has 1 aromatic heterocycles. The Bertz CT molecular complexity index is 592. The van der Waals surface area contributed by atoms with E-state index in [4.69, 9.17) is 4.74 Å². The maximum Gasteiger partial charge on any atom is 0.131 e. The van der Waals surface area contributed by atoms with Crippen LogP contribution in [0.4, 0.5) is 0 Å². The van der Waals surface area contributed by atoms with Crippen molar-refractivity contribution in [2.24, 2.45) is 7.05 Å². The quantitative estimate of drug-likeness (QED) is 0.863. The third-order valence-corrected chi connectivity index (χ3v) is 4.61. The van der Waals surface area contributed by atoms with Gasteiger partial charge in [0.2, 0.25) is 0 Å². The molecule has 0 saturated carbocycles. The van der Waals surface area contributed by atoms with Gasteiger partial charge in [-0.05, 0) is 54.0 Å². The summed E-state index contributed by atoms with van der Waals surface area (Å²) in [4.78, 5) is 0. The highest BCUT2D eigenvalue weighted by atomic mass is 79.9. The van der Waals surface area contributed by atoms with Crippen molar-refractivity contribution in [3.63, 3.8) is 0 Å². The number of aromatic nitrogens is 2. The van der Waals surface area contributed by atoms with Gasteiger partial charge in [-0.2, -0.15) is 5.10 Å². The Hall–Kier alpha value is -1.33. The van der Waals surface area contributed by atoms with E-state index in [1.807, 2.05) is 30.9 Å². The van der Waals surface area contributed by atoms with Crippen LogP contribution >= 0.6 is 15.9 Å². The number of halogens is 1. The fraction of sp³-hybridized carbons (Fsp3) is 0.438. The van der Waals surface area contributed by atoms with Crippen LogP contribution in [-0.2, 0) is 20.1 Å². The molecular weight excluding hydrogens is 330 g/mol. The number of hydrogen-bond donors (Lipinski definition) is 1. The number of hydrogen-bond acceptors (Lipinski definition) is 3. The molecule has 0 aliphatic rings. The van der Waals surface area contributed by atoms with Crippen molar-refractivity contribution in [1.29, 1.82) is 0 Å². The molecule has 1 unspecified atom stereocenters. The Morgan fingerprint density at radius 1 is 1.33 bits per heavy atom. The van der Waals surface area contributed by atoms with E-state index in [0.29, 0.717) is 12.6 Å². The van der Waals surface area contributed by atoms with Crippen molar-refractivity contribution in [2.45, 2.75) is 32.9 Å². The van der Waals surface area contributed by atoms with E-state index in [9.17, 15) is 0 Å². The molecule has 1 aromatic carbocycles. The molecule has 1 atom stereocenters. The second-order valence-electron chi connectivity index (χ2n) is 5.05. The van der Waals surface area contributed by atoms with Gasteiger partial charge in [0.05, 0.1) is 15.9 Å². The highest BCUT2D eigenvalue weighted by Gasteiger charge is 2.13. The van der Waals surface area contributed by atoms with Gasteiger partial charge in [0.25, 0.3) is 0 Å². The van der Waals surface area contributed by atoms with Gasteiger partial charge in [0, 0.05) is 13.1 Å². The molecule has 0 saturated heterocycles. The maximum absolute atomic E-state index is 5.87. The Kier molecular flexibility index (Phi) is 5.42. The van der Waals surface area contributed by atoms with Gasteiger partial charge < -0.3 is 10.1 Å². The molecule has 0 amide bonds. The summed E-state index contributed by atoms with van der Waals surface area (Å²) in [6, 6.07) is 8.54. The molecule has 0 radical (unpaired) electrons. The van der Waals surface area contributed by atoms with Crippen LogP contribution in [0.5, 0.6) is 5.75 Å². The number of rotatable bonds is 6. The summed E-state index contributed by atoms with van der Waals surface area (Å²) in [7, 11) is 3.90. The van der Waals surface area contributed by atoms with Crippen molar-refractivity contribution in [3.8, 4) is 5.75 Å². The standard InChI is InChI=1S/C16H22BrN3O/c1-5-14-16(17)15(20(4)19-14)10-21-13-8-6-12(7-9-13)11(2)18-3/h6-9,11,18H,5,10H2,1-4H3. The number of nitrogens with one attached hydrogen (secondary N) is 1. The fourth-order valence-corrected chi connectivity index (χ4v) is 2.88. The summed E-state index contributed by atoms with van der Waals surface area (Å²) in [5.74, 6) is 0.869. The van der Waals surface area contributed by atoms with E-state index in [1.54, 1.807) is 0 Å². The Labute approximate surface area is 134 Å². The third-order valence-electron chi connectivity index (χ3n) is 3.69. The molecule has 0 spiro atoms. The lowest BCUT2D eigenvalue weighted by Crippen LogP contribution is -2.12. The average Bonchev–Trinajstić information content (AvgIpc) is 2.79. The number of ether oxygens (including phenoxy) is 1. The lowest BCUT2D eigenvalue weighted by Gasteiger charge is -2.12. The first kappa shape index (κ1) is 16.0. The Morgan fingerprint density at radius 3 is 2.52 bits per heavy atom. The lowest BCUT2D eigenvalue weighted by atomic mass is 10.1. The minimum Gasteiger partial charge on any atom is -0.487 e. The molecule has 21 heavy (non-hydrogen) atoms. The van der Waals surface area contributed by atoms with Crippen molar-refractivity contribution in [1.82, 2.24) is 15.1 Å². The zero-order chi connectivity index (χ0) is 15.4. The number of nitrogens with zero attached hydrogens (tertiary/aromatic N) is 2. The van der Waals surface area contributed by atoms with Crippen LogP contribution in [0, 0.1) is 0 Å². The summed E-state index contributed by atoms with van der Waals surface area (Å²) in [6.45, 7) is 4.74. The molecule has 5 heteroatoms. The van der Waals surface area contributed by atoms with E-state index in [0.717, 1.165) is 28.0 Å². The highest BCUT2D eigenvalue weighted by molar-refractivity contribution is 9.10. The third kappa shape index (κ3) is 3.66. The molecule has 0 aliphatic carbocycles. The normalized spacial score (nSPS) is 12.4. The first-order valence-electron chi connectivity index (χ1n) is 7.17. The van der Waals surface area contributed by atoms with Gasteiger partial charge >= 0.3 is 0 Å². The first-order chi connectivity index (χ1) is 10.1. The molecule has 0 aliphatic heterocycles. The van der Waals surface area contributed by atoms with Crippen molar-refractivity contribution < 1.29 is 4.74 Å².